The van der Waals surface area contributed by atoms with Crippen molar-refractivity contribution in [3.05, 3.63) is 35.4 Å². The Morgan fingerprint density at radius 1 is 1.26 bits per heavy atom. The lowest BCUT2D eigenvalue weighted by Crippen LogP contribution is -2.49. The summed E-state index contributed by atoms with van der Waals surface area (Å²) in [6.45, 7) is 9.16. The van der Waals surface area contributed by atoms with Gasteiger partial charge >= 0.3 is 0 Å². The molecular weight excluding hydrogens is 288 g/mol. The molecule has 0 radical (unpaired) electrons. The predicted molar refractivity (Wildman–Crippen MR) is 90.8 cm³/mol. The van der Waals surface area contributed by atoms with Crippen molar-refractivity contribution in [2.75, 3.05) is 6.54 Å². The number of rotatable bonds is 3. The van der Waals surface area contributed by atoms with Gasteiger partial charge in [0.25, 0.3) is 0 Å². The monoisotopic (exact) mass is 316 g/mol. The molecule has 3 rings (SSSR count). The normalized spacial score (nSPS) is 31.2. The molecule has 4 heteroatoms. The molecule has 1 saturated carbocycles. The zero-order chi connectivity index (χ0) is 17.0. The molecule has 1 aromatic rings. The maximum absolute atomic E-state index is 13.0. The first kappa shape index (κ1) is 16.5. The predicted octanol–water partition coefficient (Wildman–Crippen LogP) is 2.26. The summed E-state index contributed by atoms with van der Waals surface area (Å²) in [7, 11) is 0. The Morgan fingerprint density at radius 2 is 1.87 bits per heavy atom. The van der Waals surface area contributed by atoms with E-state index < -0.39 is 11.6 Å². The highest BCUT2D eigenvalue weighted by atomic mass is 16.3. The summed E-state index contributed by atoms with van der Waals surface area (Å²) < 4.78 is 0. The molecule has 3 N–H and O–H groups in total. The summed E-state index contributed by atoms with van der Waals surface area (Å²) in [6, 6.07) is 8.27. The van der Waals surface area contributed by atoms with Crippen LogP contribution in [0, 0.1) is 11.3 Å². The van der Waals surface area contributed by atoms with Crippen LogP contribution >= 0.6 is 0 Å². The molecule has 1 unspecified atom stereocenters. The van der Waals surface area contributed by atoms with Crippen molar-refractivity contribution in [1.29, 1.82) is 0 Å². The molecule has 1 aliphatic carbocycles. The van der Waals surface area contributed by atoms with Gasteiger partial charge in [0.2, 0.25) is 5.91 Å². The third-order valence-corrected chi connectivity index (χ3v) is 5.69. The van der Waals surface area contributed by atoms with Gasteiger partial charge in [0.15, 0.2) is 0 Å². The van der Waals surface area contributed by atoms with Gasteiger partial charge in [-0.05, 0) is 37.3 Å². The van der Waals surface area contributed by atoms with Crippen LogP contribution in [-0.4, -0.2) is 34.1 Å². The van der Waals surface area contributed by atoms with Crippen molar-refractivity contribution in [3.8, 4) is 0 Å². The fraction of sp³-hybridized carbons (Fsp3) is 0.632. The van der Waals surface area contributed by atoms with Gasteiger partial charge in [-0.25, -0.2) is 0 Å². The average molecular weight is 316 g/mol. The van der Waals surface area contributed by atoms with Crippen molar-refractivity contribution in [3.63, 3.8) is 0 Å². The molecule has 1 amide bonds. The standard InChI is InChI=1S/C19H28N2O2/c1-18(2)11-21(19(3,4)17(18)23)16(22)15-9-14(15)13-7-5-12(10-20)6-8-13/h5-8,14-15,17,23H,9-11,20H2,1-4H3/t14-,15+,17?/m0/s1. The van der Waals surface area contributed by atoms with E-state index in [2.05, 4.69) is 12.1 Å². The van der Waals surface area contributed by atoms with Crippen LogP contribution in [0.1, 0.15) is 51.2 Å². The van der Waals surface area contributed by atoms with Crippen molar-refractivity contribution in [2.45, 2.75) is 58.2 Å². The summed E-state index contributed by atoms with van der Waals surface area (Å²) in [5, 5.41) is 10.5. The van der Waals surface area contributed by atoms with Gasteiger partial charge < -0.3 is 15.7 Å². The van der Waals surface area contributed by atoms with Crippen LogP contribution in [0.2, 0.25) is 0 Å². The second-order valence-corrected chi connectivity index (χ2v) is 8.36. The highest BCUT2D eigenvalue weighted by Crippen LogP contribution is 2.51. The molecule has 0 aromatic heterocycles. The van der Waals surface area contributed by atoms with Crippen molar-refractivity contribution in [2.24, 2.45) is 17.1 Å². The van der Waals surface area contributed by atoms with Crippen LogP contribution in [0.15, 0.2) is 24.3 Å². The molecule has 0 spiro atoms. The molecule has 1 aliphatic heterocycles. The number of nitrogens with two attached hydrogens (primary N) is 1. The van der Waals surface area contributed by atoms with Crippen molar-refractivity contribution >= 4 is 5.91 Å². The van der Waals surface area contributed by atoms with E-state index in [9.17, 15) is 9.90 Å². The number of likely N-dealkylation sites (tertiary alicyclic amines) is 1. The Labute approximate surface area is 138 Å². The molecule has 23 heavy (non-hydrogen) atoms. The Morgan fingerprint density at radius 3 is 2.35 bits per heavy atom. The second kappa shape index (κ2) is 5.32. The first-order valence-corrected chi connectivity index (χ1v) is 8.47. The number of amides is 1. The third kappa shape index (κ3) is 2.68. The van der Waals surface area contributed by atoms with E-state index in [0.717, 1.165) is 12.0 Å². The molecule has 126 valence electrons. The van der Waals surface area contributed by atoms with Crippen molar-refractivity contribution < 1.29 is 9.90 Å². The molecular formula is C19H28N2O2. The summed E-state index contributed by atoms with van der Waals surface area (Å²) in [6.07, 6.45) is 0.407. The van der Waals surface area contributed by atoms with Crippen LogP contribution < -0.4 is 5.73 Å². The molecule has 4 nitrogen and oxygen atoms in total. The first-order chi connectivity index (χ1) is 10.7. The minimum Gasteiger partial charge on any atom is -0.390 e. The van der Waals surface area contributed by atoms with E-state index in [1.54, 1.807) is 0 Å². The number of carbonyl (C=O) groups is 1. The van der Waals surface area contributed by atoms with Crippen LogP contribution in [0.25, 0.3) is 0 Å². The number of hydrogen-bond acceptors (Lipinski definition) is 3. The smallest absolute Gasteiger partial charge is 0.226 e. The minimum atomic E-state index is -0.503. The average Bonchev–Trinajstić information content (AvgIpc) is 3.28. The zero-order valence-electron chi connectivity index (χ0n) is 14.5. The van der Waals surface area contributed by atoms with Gasteiger partial charge in [0.05, 0.1) is 11.6 Å². The van der Waals surface area contributed by atoms with Gasteiger partial charge in [0, 0.05) is 24.4 Å². The molecule has 0 bridgehead atoms. The Kier molecular flexibility index (Phi) is 3.81. The molecule has 3 atom stereocenters. The SMILES string of the molecule is CC1(C)CN(C(=O)[C@@H]2C[C@H]2c2ccc(CN)cc2)C(C)(C)C1O. The second-order valence-electron chi connectivity index (χ2n) is 8.36. The lowest BCUT2D eigenvalue weighted by molar-refractivity contribution is -0.137. The van der Waals surface area contributed by atoms with E-state index in [0.29, 0.717) is 19.0 Å². The number of nitrogens with zero attached hydrogens (tertiary/aromatic N) is 1. The number of aliphatic hydroxyl groups is 1. The number of carbonyl (C=O) groups excluding carboxylic acids is 1. The van der Waals surface area contributed by atoms with Gasteiger partial charge in [-0.15, -0.1) is 0 Å². The van der Waals surface area contributed by atoms with Gasteiger partial charge in [0.1, 0.15) is 0 Å². The van der Waals surface area contributed by atoms with Crippen LogP contribution in [0.5, 0.6) is 0 Å². The fourth-order valence-electron chi connectivity index (χ4n) is 4.10. The van der Waals surface area contributed by atoms with Crippen LogP contribution in [0.4, 0.5) is 0 Å². The fourth-order valence-corrected chi connectivity index (χ4v) is 4.10. The van der Waals surface area contributed by atoms with E-state index in [-0.39, 0.29) is 17.2 Å². The molecule has 2 aliphatic rings. The maximum Gasteiger partial charge on any atom is 0.226 e. The summed E-state index contributed by atoms with van der Waals surface area (Å²) in [5.41, 5.74) is 7.21. The summed E-state index contributed by atoms with van der Waals surface area (Å²) in [4.78, 5) is 14.9. The summed E-state index contributed by atoms with van der Waals surface area (Å²) in [5.74, 6) is 0.553. The van der Waals surface area contributed by atoms with Crippen molar-refractivity contribution in [1.82, 2.24) is 4.90 Å². The zero-order valence-corrected chi connectivity index (χ0v) is 14.5. The third-order valence-electron chi connectivity index (χ3n) is 5.69. The molecule has 1 heterocycles. The highest BCUT2D eigenvalue weighted by Gasteiger charge is 2.57. The molecule has 2 fully saturated rings. The lowest BCUT2D eigenvalue weighted by atomic mass is 9.82. The Balaban J connectivity index is 1.73. The van der Waals surface area contributed by atoms with Gasteiger partial charge in [-0.2, -0.15) is 0 Å². The number of aliphatic hydroxyl groups excluding tert-OH is 1. The van der Waals surface area contributed by atoms with Gasteiger partial charge in [-0.3, -0.25) is 4.79 Å². The minimum absolute atomic E-state index is 0.0547. The number of hydrogen-bond donors (Lipinski definition) is 2. The Hall–Kier alpha value is -1.39. The maximum atomic E-state index is 13.0. The van der Waals surface area contributed by atoms with E-state index in [1.165, 1.54) is 5.56 Å². The quantitative estimate of drug-likeness (QED) is 0.899. The van der Waals surface area contributed by atoms with Gasteiger partial charge in [-0.1, -0.05) is 38.1 Å². The highest BCUT2D eigenvalue weighted by molar-refractivity contribution is 5.84. The van der Waals surface area contributed by atoms with Crippen LogP contribution in [0.3, 0.4) is 0 Å². The van der Waals surface area contributed by atoms with Crippen LogP contribution in [-0.2, 0) is 11.3 Å². The molecule has 1 saturated heterocycles. The van der Waals surface area contributed by atoms with E-state index in [1.807, 2.05) is 44.7 Å². The summed E-state index contributed by atoms with van der Waals surface area (Å²) >= 11 is 0. The lowest BCUT2D eigenvalue weighted by Gasteiger charge is -2.34. The molecule has 1 aromatic carbocycles. The topological polar surface area (TPSA) is 66.6 Å². The van der Waals surface area contributed by atoms with E-state index in [4.69, 9.17) is 5.73 Å². The van der Waals surface area contributed by atoms with E-state index >= 15 is 0 Å². The first-order valence-electron chi connectivity index (χ1n) is 8.47. The number of benzene rings is 1. The Bertz CT molecular complexity index is 606. The largest absolute Gasteiger partial charge is 0.390 e.